The molecule has 0 saturated heterocycles. The van der Waals surface area contributed by atoms with Crippen molar-refractivity contribution in [1.82, 2.24) is 10.3 Å². The van der Waals surface area contributed by atoms with Crippen LogP contribution in [0.4, 0.5) is 0 Å². The second-order valence-corrected chi connectivity index (χ2v) is 3.51. The first-order valence-electron chi connectivity index (χ1n) is 4.98. The van der Waals surface area contributed by atoms with Gasteiger partial charge in [0.1, 0.15) is 6.26 Å². The zero-order valence-corrected chi connectivity index (χ0v) is 8.73. The standard InChI is InChI=1S/C12H14N2O/c1-10-4-2-3-5-11(10)6-13-7-12-8-15-9-14-12/h2-5,8-9,13H,6-7H2,1H3. The molecule has 0 aliphatic rings. The van der Waals surface area contributed by atoms with Crippen molar-refractivity contribution in [2.24, 2.45) is 0 Å². The minimum Gasteiger partial charge on any atom is -0.451 e. The van der Waals surface area contributed by atoms with Crippen LogP contribution in [0.2, 0.25) is 0 Å². The average Bonchev–Trinajstić information content (AvgIpc) is 2.74. The lowest BCUT2D eigenvalue weighted by atomic mass is 10.1. The maximum atomic E-state index is 4.89. The fourth-order valence-corrected chi connectivity index (χ4v) is 1.46. The summed E-state index contributed by atoms with van der Waals surface area (Å²) < 4.78 is 4.89. The monoisotopic (exact) mass is 202 g/mol. The predicted molar refractivity (Wildman–Crippen MR) is 58.2 cm³/mol. The zero-order chi connectivity index (χ0) is 10.5. The van der Waals surface area contributed by atoms with Crippen LogP contribution in [0.5, 0.6) is 0 Å². The number of oxazole rings is 1. The summed E-state index contributed by atoms with van der Waals surface area (Å²) >= 11 is 0. The highest BCUT2D eigenvalue weighted by atomic mass is 16.3. The topological polar surface area (TPSA) is 38.1 Å². The van der Waals surface area contributed by atoms with Gasteiger partial charge in [-0.3, -0.25) is 0 Å². The highest BCUT2D eigenvalue weighted by molar-refractivity contribution is 5.25. The molecule has 0 aliphatic heterocycles. The number of aromatic nitrogens is 1. The summed E-state index contributed by atoms with van der Waals surface area (Å²) in [6.07, 6.45) is 3.11. The van der Waals surface area contributed by atoms with Crippen molar-refractivity contribution >= 4 is 0 Å². The summed E-state index contributed by atoms with van der Waals surface area (Å²) in [4.78, 5) is 4.04. The third kappa shape index (κ3) is 2.67. The van der Waals surface area contributed by atoms with E-state index in [1.165, 1.54) is 17.5 Å². The van der Waals surface area contributed by atoms with Gasteiger partial charge in [0.05, 0.1) is 5.69 Å². The molecule has 2 rings (SSSR count). The third-order valence-electron chi connectivity index (χ3n) is 2.37. The molecule has 78 valence electrons. The minimum atomic E-state index is 0.741. The van der Waals surface area contributed by atoms with Crippen molar-refractivity contribution in [3.05, 3.63) is 53.7 Å². The minimum absolute atomic E-state index is 0.741. The van der Waals surface area contributed by atoms with Gasteiger partial charge in [-0.15, -0.1) is 0 Å². The molecule has 1 aromatic heterocycles. The molecular formula is C12H14N2O. The molecule has 0 radical (unpaired) electrons. The van der Waals surface area contributed by atoms with Crippen molar-refractivity contribution in [1.29, 1.82) is 0 Å². The molecule has 1 aromatic carbocycles. The second-order valence-electron chi connectivity index (χ2n) is 3.51. The Bertz CT molecular complexity index is 409. The highest BCUT2D eigenvalue weighted by Gasteiger charge is 1.98. The number of nitrogens with one attached hydrogen (secondary N) is 1. The summed E-state index contributed by atoms with van der Waals surface area (Å²) in [5.41, 5.74) is 3.56. The van der Waals surface area contributed by atoms with Gasteiger partial charge in [0.2, 0.25) is 0 Å². The van der Waals surface area contributed by atoms with Crippen LogP contribution >= 0.6 is 0 Å². The molecule has 0 amide bonds. The molecule has 0 fully saturated rings. The second kappa shape index (κ2) is 4.75. The molecule has 3 nitrogen and oxygen atoms in total. The van der Waals surface area contributed by atoms with E-state index in [0.29, 0.717) is 0 Å². The highest BCUT2D eigenvalue weighted by Crippen LogP contribution is 2.06. The summed E-state index contributed by atoms with van der Waals surface area (Å²) in [5, 5.41) is 3.32. The fourth-order valence-electron chi connectivity index (χ4n) is 1.46. The van der Waals surface area contributed by atoms with Gasteiger partial charge in [-0.05, 0) is 18.1 Å². The van der Waals surface area contributed by atoms with E-state index in [1.807, 2.05) is 0 Å². The molecule has 2 aromatic rings. The van der Waals surface area contributed by atoms with Crippen LogP contribution in [0.15, 0.2) is 41.3 Å². The van der Waals surface area contributed by atoms with E-state index in [9.17, 15) is 0 Å². The van der Waals surface area contributed by atoms with Crippen LogP contribution < -0.4 is 5.32 Å². The van der Waals surface area contributed by atoms with Crippen molar-refractivity contribution in [3.63, 3.8) is 0 Å². The summed E-state index contributed by atoms with van der Waals surface area (Å²) in [7, 11) is 0. The van der Waals surface area contributed by atoms with Crippen molar-refractivity contribution in [2.45, 2.75) is 20.0 Å². The largest absolute Gasteiger partial charge is 0.451 e. The lowest BCUT2D eigenvalue weighted by Gasteiger charge is -2.05. The first-order chi connectivity index (χ1) is 7.36. The van der Waals surface area contributed by atoms with Gasteiger partial charge < -0.3 is 9.73 Å². The number of nitrogens with zero attached hydrogens (tertiary/aromatic N) is 1. The Hall–Kier alpha value is -1.61. The molecule has 0 bridgehead atoms. The number of hydrogen-bond acceptors (Lipinski definition) is 3. The van der Waals surface area contributed by atoms with Crippen molar-refractivity contribution in [3.8, 4) is 0 Å². The van der Waals surface area contributed by atoms with E-state index in [1.54, 1.807) is 6.26 Å². The van der Waals surface area contributed by atoms with Crippen LogP contribution in [-0.4, -0.2) is 4.98 Å². The van der Waals surface area contributed by atoms with Gasteiger partial charge in [-0.2, -0.15) is 0 Å². The summed E-state index contributed by atoms with van der Waals surface area (Å²) in [6, 6.07) is 8.36. The van der Waals surface area contributed by atoms with Gasteiger partial charge in [-0.25, -0.2) is 4.98 Å². The van der Waals surface area contributed by atoms with E-state index >= 15 is 0 Å². The van der Waals surface area contributed by atoms with E-state index < -0.39 is 0 Å². The number of aryl methyl sites for hydroxylation is 1. The number of benzene rings is 1. The van der Waals surface area contributed by atoms with Crippen LogP contribution in [0.3, 0.4) is 0 Å². The molecule has 0 atom stereocenters. The van der Waals surface area contributed by atoms with Crippen LogP contribution in [0.1, 0.15) is 16.8 Å². The Morgan fingerprint density at radius 2 is 2.13 bits per heavy atom. The molecular weight excluding hydrogens is 188 g/mol. The lowest BCUT2D eigenvalue weighted by Crippen LogP contribution is -2.13. The lowest BCUT2D eigenvalue weighted by molar-refractivity contribution is 0.554. The van der Waals surface area contributed by atoms with Crippen LogP contribution in [0.25, 0.3) is 0 Å². The van der Waals surface area contributed by atoms with E-state index in [2.05, 4.69) is 41.5 Å². The Morgan fingerprint density at radius 3 is 2.87 bits per heavy atom. The summed E-state index contributed by atoms with van der Waals surface area (Å²) in [5.74, 6) is 0. The van der Waals surface area contributed by atoms with E-state index in [0.717, 1.165) is 18.8 Å². The van der Waals surface area contributed by atoms with Gasteiger partial charge in [-0.1, -0.05) is 24.3 Å². The van der Waals surface area contributed by atoms with Gasteiger partial charge in [0, 0.05) is 13.1 Å². The number of rotatable bonds is 4. The first-order valence-corrected chi connectivity index (χ1v) is 4.98. The quantitative estimate of drug-likeness (QED) is 0.826. The smallest absolute Gasteiger partial charge is 0.180 e. The Labute approximate surface area is 89.1 Å². The average molecular weight is 202 g/mol. The van der Waals surface area contributed by atoms with Crippen molar-refractivity contribution in [2.75, 3.05) is 0 Å². The summed E-state index contributed by atoms with van der Waals surface area (Å²) in [6.45, 7) is 3.72. The van der Waals surface area contributed by atoms with Gasteiger partial charge in [0.15, 0.2) is 6.39 Å². The number of hydrogen-bond donors (Lipinski definition) is 1. The van der Waals surface area contributed by atoms with E-state index in [4.69, 9.17) is 4.42 Å². The molecule has 0 aliphatic carbocycles. The van der Waals surface area contributed by atoms with Gasteiger partial charge >= 0.3 is 0 Å². The molecule has 1 heterocycles. The van der Waals surface area contributed by atoms with Gasteiger partial charge in [0.25, 0.3) is 0 Å². The maximum absolute atomic E-state index is 4.89. The van der Waals surface area contributed by atoms with Crippen molar-refractivity contribution < 1.29 is 4.42 Å². The maximum Gasteiger partial charge on any atom is 0.180 e. The zero-order valence-electron chi connectivity index (χ0n) is 8.73. The molecule has 1 N–H and O–H groups in total. The normalized spacial score (nSPS) is 10.5. The Kier molecular flexibility index (Phi) is 3.15. The van der Waals surface area contributed by atoms with E-state index in [-0.39, 0.29) is 0 Å². The molecule has 0 spiro atoms. The first kappa shape index (κ1) is 9.93. The predicted octanol–water partition coefficient (Wildman–Crippen LogP) is 2.27. The third-order valence-corrected chi connectivity index (χ3v) is 2.37. The Balaban J connectivity index is 1.86. The Morgan fingerprint density at radius 1 is 1.27 bits per heavy atom. The molecule has 0 saturated carbocycles. The fraction of sp³-hybridized carbons (Fsp3) is 0.250. The molecule has 15 heavy (non-hydrogen) atoms. The SMILES string of the molecule is Cc1ccccc1CNCc1cocn1. The van der Waals surface area contributed by atoms with Crippen LogP contribution in [0, 0.1) is 6.92 Å². The molecule has 0 unspecified atom stereocenters. The van der Waals surface area contributed by atoms with Crippen LogP contribution in [-0.2, 0) is 13.1 Å². The molecule has 3 heteroatoms.